The molecule has 0 aromatic heterocycles. The van der Waals surface area contributed by atoms with E-state index < -0.39 is 0 Å². The summed E-state index contributed by atoms with van der Waals surface area (Å²) in [6, 6.07) is 0. The van der Waals surface area contributed by atoms with Crippen molar-refractivity contribution in [2.75, 3.05) is 14.1 Å². The van der Waals surface area contributed by atoms with Gasteiger partial charge in [-0.3, -0.25) is 4.90 Å². The Bertz CT molecular complexity index is 28.5. The second-order valence-corrected chi connectivity index (χ2v) is 1.44. The van der Waals surface area contributed by atoms with Crippen LogP contribution in [0.3, 0.4) is 0 Å². The highest BCUT2D eigenvalue weighted by atomic mass is 16.3. The highest BCUT2D eigenvalue weighted by Crippen LogP contribution is 1.90. The van der Waals surface area contributed by atoms with Crippen molar-refractivity contribution in [1.29, 1.82) is 0 Å². The van der Waals surface area contributed by atoms with Crippen molar-refractivity contribution in [2.45, 2.75) is 6.92 Å². The molecule has 0 heterocycles. The van der Waals surface area contributed by atoms with E-state index in [0.29, 0.717) is 6.23 Å². The Morgan fingerprint density at radius 2 is 1.67 bits per heavy atom. The molecule has 0 atom stereocenters. The van der Waals surface area contributed by atoms with E-state index in [2.05, 4.69) is 0 Å². The first kappa shape index (κ1) is 5.92. The fourth-order valence-electron chi connectivity index (χ4n) is 0. The molecule has 0 rings (SSSR count). The molecular weight excluding hydrogens is 78.0 g/mol. The van der Waals surface area contributed by atoms with Crippen LogP contribution in [-0.4, -0.2) is 24.1 Å². The Morgan fingerprint density at radius 3 is 1.67 bits per heavy atom. The summed E-state index contributed by atoms with van der Waals surface area (Å²) >= 11 is 0. The zero-order chi connectivity index (χ0) is 5.15. The molecule has 2 heteroatoms. The van der Waals surface area contributed by atoms with Gasteiger partial charge in [-0.05, 0) is 21.0 Å². The number of hydrogen-bond donors (Lipinski definition) is 1. The second kappa shape index (κ2) is 2.16. The topological polar surface area (TPSA) is 23.5 Å². The summed E-state index contributed by atoms with van der Waals surface area (Å²) in [7, 11) is 3.57. The molecule has 1 N–H and O–H groups in total. The van der Waals surface area contributed by atoms with Gasteiger partial charge in [0.15, 0.2) is 6.23 Å². The summed E-state index contributed by atoms with van der Waals surface area (Å²) in [5.74, 6) is 0. The van der Waals surface area contributed by atoms with Gasteiger partial charge in [-0.15, -0.1) is 0 Å². The minimum Gasteiger partial charge on any atom is -0.371 e. The lowest BCUT2D eigenvalue weighted by molar-refractivity contribution is 0.170. The summed E-state index contributed by atoms with van der Waals surface area (Å²) in [6.45, 7) is 1.64. The first-order valence-corrected chi connectivity index (χ1v) is 1.84. The first-order valence-electron chi connectivity index (χ1n) is 1.84. The highest BCUT2D eigenvalue weighted by molar-refractivity contribution is 4.59. The minimum atomic E-state index is 0.343. The third-order valence-corrected chi connectivity index (χ3v) is 0.647. The van der Waals surface area contributed by atoms with Crippen molar-refractivity contribution in [3.05, 3.63) is 6.23 Å². The predicted molar refractivity (Wildman–Crippen MR) is 24.5 cm³/mol. The van der Waals surface area contributed by atoms with Crippen molar-refractivity contribution >= 4 is 0 Å². The van der Waals surface area contributed by atoms with Crippen LogP contribution in [0.25, 0.3) is 0 Å². The van der Waals surface area contributed by atoms with E-state index in [1.165, 1.54) is 0 Å². The minimum absolute atomic E-state index is 0.343. The molecule has 0 aliphatic rings. The first-order chi connectivity index (χ1) is 2.64. The molecule has 0 aliphatic carbocycles. The number of rotatable bonds is 1. The number of hydrogen-bond acceptors (Lipinski definition) is 2. The van der Waals surface area contributed by atoms with Gasteiger partial charge in [0.2, 0.25) is 0 Å². The molecule has 0 fully saturated rings. The quantitative estimate of drug-likeness (QED) is 0.502. The smallest absolute Gasteiger partial charge is 0.157 e. The predicted octanol–water partition coefficient (Wildman–Crippen LogP) is 0.430. The lowest BCUT2D eigenvalue weighted by Crippen LogP contribution is -2.15. The van der Waals surface area contributed by atoms with Gasteiger partial charge in [-0.1, -0.05) is 0 Å². The molecule has 0 aliphatic heterocycles. The molecule has 0 spiro atoms. The molecular formula is C4H10NO. The summed E-state index contributed by atoms with van der Waals surface area (Å²) in [5, 5.41) is 8.47. The maximum atomic E-state index is 8.47. The van der Waals surface area contributed by atoms with Crippen LogP contribution < -0.4 is 0 Å². The van der Waals surface area contributed by atoms with Crippen molar-refractivity contribution in [3.63, 3.8) is 0 Å². The average Bonchev–Trinajstić information content (AvgIpc) is 1.36. The number of nitrogens with zero attached hydrogens (tertiary/aromatic N) is 1. The standard InChI is InChI=1S/C4H10NO/c1-4(6)5(2)3/h6H,1-3H3. The van der Waals surface area contributed by atoms with Gasteiger partial charge in [0.25, 0.3) is 0 Å². The second-order valence-electron chi connectivity index (χ2n) is 1.44. The highest BCUT2D eigenvalue weighted by Gasteiger charge is 1.94. The molecule has 0 saturated carbocycles. The van der Waals surface area contributed by atoms with Gasteiger partial charge in [-0.2, -0.15) is 0 Å². The van der Waals surface area contributed by atoms with Crippen molar-refractivity contribution < 1.29 is 5.11 Å². The van der Waals surface area contributed by atoms with E-state index in [-0.39, 0.29) is 0 Å². The molecule has 0 aromatic rings. The average molecular weight is 88.1 g/mol. The van der Waals surface area contributed by atoms with Gasteiger partial charge in [-0.25, -0.2) is 0 Å². The van der Waals surface area contributed by atoms with Crippen molar-refractivity contribution in [2.24, 2.45) is 0 Å². The van der Waals surface area contributed by atoms with Crippen LogP contribution in [0.1, 0.15) is 6.92 Å². The van der Waals surface area contributed by atoms with Crippen LogP contribution in [-0.2, 0) is 0 Å². The van der Waals surface area contributed by atoms with Crippen molar-refractivity contribution in [3.8, 4) is 0 Å². The molecule has 0 saturated heterocycles. The maximum absolute atomic E-state index is 8.47. The Hall–Kier alpha value is -0.0800. The van der Waals surface area contributed by atoms with Gasteiger partial charge in [0, 0.05) is 0 Å². The van der Waals surface area contributed by atoms with E-state index in [4.69, 9.17) is 5.11 Å². The van der Waals surface area contributed by atoms with Crippen LogP contribution in [0.2, 0.25) is 0 Å². The van der Waals surface area contributed by atoms with Gasteiger partial charge < -0.3 is 5.11 Å². The molecule has 37 valence electrons. The van der Waals surface area contributed by atoms with Crippen LogP contribution in [0.5, 0.6) is 0 Å². The van der Waals surface area contributed by atoms with E-state index in [1.54, 1.807) is 25.9 Å². The van der Waals surface area contributed by atoms with Gasteiger partial charge >= 0.3 is 0 Å². The Kier molecular flexibility index (Phi) is 2.13. The lowest BCUT2D eigenvalue weighted by atomic mass is 10.6. The summed E-state index contributed by atoms with van der Waals surface area (Å²) in [6.07, 6.45) is 0.343. The fraction of sp³-hybridized carbons (Fsp3) is 0.750. The maximum Gasteiger partial charge on any atom is 0.157 e. The third kappa shape index (κ3) is 2.18. The van der Waals surface area contributed by atoms with E-state index >= 15 is 0 Å². The van der Waals surface area contributed by atoms with Crippen LogP contribution >= 0.6 is 0 Å². The molecule has 2 nitrogen and oxygen atoms in total. The Morgan fingerprint density at radius 1 is 1.50 bits per heavy atom. The number of aliphatic hydroxyl groups excluding tert-OH is 1. The molecule has 0 bridgehead atoms. The largest absolute Gasteiger partial charge is 0.371 e. The summed E-state index contributed by atoms with van der Waals surface area (Å²) in [5.41, 5.74) is 0. The monoisotopic (exact) mass is 88.1 g/mol. The molecule has 0 unspecified atom stereocenters. The van der Waals surface area contributed by atoms with E-state index in [1.807, 2.05) is 0 Å². The third-order valence-electron chi connectivity index (χ3n) is 0.647. The SMILES string of the molecule is C[C](O)N(C)C. The molecule has 1 radical (unpaired) electrons. The summed E-state index contributed by atoms with van der Waals surface area (Å²) < 4.78 is 0. The van der Waals surface area contributed by atoms with Crippen LogP contribution in [0.15, 0.2) is 0 Å². The van der Waals surface area contributed by atoms with Crippen molar-refractivity contribution in [1.82, 2.24) is 4.90 Å². The lowest BCUT2D eigenvalue weighted by Gasteiger charge is -2.09. The molecule has 6 heavy (non-hydrogen) atoms. The van der Waals surface area contributed by atoms with Gasteiger partial charge in [0.05, 0.1) is 0 Å². The zero-order valence-corrected chi connectivity index (χ0v) is 4.39. The molecule has 0 amide bonds. The fourth-order valence-corrected chi connectivity index (χ4v) is 0. The van der Waals surface area contributed by atoms with E-state index in [9.17, 15) is 0 Å². The Labute approximate surface area is 38.4 Å². The van der Waals surface area contributed by atoms with Crippen LogP contribution in [0, 0.1) is 6.23 Å². The number of aliphatic hydroxyl groups is 1. The normalized spacial score (nSPS) is 11.0. The van der Waals surface area contributed by atoms with Gasteiger partial charge in [0.1, 0.15) is 0 Å². The summed E-state index contributed by atoms with van der Waals surface area (Å²) in [4.78, 5) is 1.64. The zero-order valence-electron chi connectivity index (χ0n) is 4.39. The van der Waals surface area contributed by atoms with Crippen LogP contribution in [0.4, 0.5) is 0 Å². The van der Waals surface area contributed by atoms with E-state index in [0.717, 1.165) is 0 Å². The Balaban J connectivity index is 2.99. The molecule has 0 aromatic carbocycles.